The lowest BCUT2D eigenvalue weighted by Gasteiger charge is -2.56. The second kappa shape index (κ2) is 6.73. The lowest BCUT2D eigenvalue weighted by Crippen LogP contribution is -2.50. The van der Waals surface area contributed by atoms with Gasteiger partial charge in [0.05, 0.1) is 5.75 Å². The van der Waals surface area contributed by atoms with Gasteiger partial charge in [-0.25, -0.2) is 0 Å². The van der Waals surface area contributed by atoms with Gasteiger partial charge in [0.2, 0.25) is 0 Å². The fraction of sp³-hybridized carbons (Fsp3) is 0.619. The highest BCUT2D eigenvalue weighted by molar-refractivity contribution is 7.99. The Balaban J connectivity index is 1.32. The monoisotopic (exact) mass is 382 g/mol. The van der Waals surface area contributed by atoms with E-state index in [4.69, 9.17) is 0 Å². The summed E-state index contributed by atoms with van der Waals surface area (Å²) in [5.74, 6) is 4.27. The minimum Gasteiger partial charge on any atom is -0.302 e. The summed E-state index contributed by atoms with van der Waals surface area (Å²) in [6.07, 6.45) is 11.1. The first-order valence-electron chi connectivity index (χ1n) is 10.2. The van der Waals surface area contributed by atoms with Crippen LogP contribution < -0.4 is 0 Å². The molecule has 0 N–H and O–H groups in total. The number of nitrogens with zero attached hydrogens (tertiary/aromatic N) is 4. The second-order valence-electron chi connectivity index (χ2n) is 8.70. The van der Waals surface area contributed by atoms with Crippen LogP contribution in [0, 0.1) is 23.2 Å². The maximum absolute atomic E-state index is 13.3. The summed E-state index contributed by atoms with van der Waals surface area (Å²) >= 11 is 1.57. The van der Waals surface area contributed by atoms with Crippen molar-refractivity contribution >= 4 is 17.5 Å². The quantitative estimate of drug-likeness (QED) is 0.700. The van der Waals surface area contributed by atoms with E-state index in [0.29, 0.717) is 11.5 Å². The number of pyridine rings is 1. The van der Waals surface area contributed by atoms with Crippen molar-refractivity contribution in [2.75, 3.05) is 5.75 Å². The summed E-state index contributed by atoms with van der Waals surface area (Å²) in [7, 11) is 0. The zero-order valence-electron chi connectivity index (χ0n) is 15.8. The van der Waals surface area contributed by atoms with Crippen LogP contribution in [0.2, 0.25) is 0 Å². The Labute approximate surface area is 164 Å². The van der Waals surface area contributed by atoms with Gasteiger partial charge >= 0.3 is 0 Å². The largest absolute Gasteiger partial charge is 0.302 e. The van der Waals surface area contributed by atoms with E-state index in [-0.39, 0.29) is 5.41 Å². The summed E-state index contributed by atoms with van der Waals surface area (Å²) in [5.41, 5.74) is 0.992. The van der Waals surface area contributed by atoms with Crippen molar-refractivity contribution in [3.63, 3.8) is 0 Å². The normalized spacial score (nSPS) is 31.4. The zero-order valence-corrected chi connectivity index (χ0v) is 16.6. The van der Waals surface area contributed by atoms with E-state index in [1.165, 1.54) is 19.3 Å². The molecule has 4 aliphatic rings. The molecule has 0 aromatic carbocycles. The molecule has 4 saturated carbocycles. The molecule has 0 atom stereocenters. The van der Waals surface area contributed by atoms with Gasteiger partial charge in [-0.05, 0) is 75.3 Å². The first-order valence-corrected chi connectivity index (χ1v) is 11.1. The fourth-order valence-electron chi connectivity index (χ4n) is 6.13. The Bertz CT molecular complexity index is 812. The van der Waals surface area contributed by atoms with Crippen molar-refractivity contribution in [2.45, 2.75) is 57.1 Å². The van der Waals surface area contributed by atoms with Crippen LogP contribution in [0.4, 0.5) is 0 Å². The van der Waals surface area contributed by atoms with Gasteiger partial charge in [-0.2, -0.15) is 0 Å². The standard InChI is InChI=1S/C21H26N4OS/c1-2-25-19(17-3-5-22-6-4-17)23-24-20(25)27-13-18(26)21-10-14-7-15(11-21)9-16(8-14)12-21/h3-6,14-16H,2,7-13H2,1H3. The molecule has 142 valence electrons. The van der Waals surface area contributed by atoms with Gasteiger partial charge in [0.15, 0.2) is 11.0 Å². The Morgan fingerprint density at radius 3 is 2.33 bits per heavy atom. The van der Waals surface area contributed by atoms with E-state index in [1.54, 1.807) is 24.2 Å². The minimum atomic E-state index is -0.0211. The van der Waals surface area contributed by atoms with Crippen LogP contribution in [0.5, 0.6) is 0 Å². The molecule has 2 heterocycles. The molecule has 6 rings (SSSR count). The van der Waals surface area contributed by atoms with Crippen LogP contribution in [0.1, 0.15) is 45.4 Å². The van der Waals surface area contributed by atoms with Crippen LogP contribution >= 0.6 is 11.8 Å². The molecular formula is C21H26N4OS. The van der Waals surface area contributed by atoms with Gasteiger partial charge < -0.3 is 4.57 Å². The SMILES string of the molecule is CCn1c(SCC(=O)C23CC4CC(CC(C4)C2)C3)nnc1-c1ccncc1. The zero-order chi connectivity index (χ0) is 18.4. The van der Waals surface area contributed by atoms with Crippen LogP contribution in [0.25, 0.3) is 11.4 Å². The molecule has 0 radical (unpaired) electrons. The minimum absolute atomic E-state index is 0.0211. The van der Waals surface area contributed by atoms with Crippen LogP contribution in [-0.4, -0.2) is 31.3 Å². The van der Waals surface area contributed by atoms with Crippen molar-refractivity contribution in [1.82, 2.24) is 19.7 Å². The Morgan fingerprint density at radius 2 is 1.74 bits per heavy atom. The summed E-state index contributed by atoms with van der Waals surface area (Å²) in [4.78, 5) is 17.3. The molecule has 0 unspecified atom stereocenters. The van der Waals surface area contributed by atoms with Gasteiger partial charge in [-0.3, -0.25) is 9.78 Å². The van der Waals surface area contributed by atoms with E-state index in [9.17, 15) is 4.79 Å². The molecule has 2 aromatic heterocycles. The molecule has 0 amide bonds. The third-order valence-electron chi connectivity index (χ3n) is 6.93. The van der Waals surface area contributed by atoms with Crippen LogP contribution in [0.3, 0.4) is 0 Å². The van der Waals surface area contributed by atoms with Crippen molar-refractivity contribution in [2.24, 2.45) is 23.2 Å². The first kappa shape index (κ1) is 17.4. The van der Waals surface area contributed by atoms with E-state index in [1.807, 2.05) is 12.1 Å². The van der Waals surface area contributed by atoms with Gasteiger partial charge in [0.25, 0.3) is 0 Å². The number of carbonyl (C=O) groups is 1. The van der Waals surface area contributed by atoms with Gasteiger partial charge in [0.1, 0.15) is 5.78 Å². The number of carbonyl (C=O) groups excluding carboxylic acids is 1. The fourth-order valence-corrected chi connectivity index (χ4v) is 7.17. The summed E-state index contributed by atoms with van der Waals surface area (Å²) < 4.78 is 2.10. The third kappa shape index (κ3) is 3.02. The Hall–Kier alpha value is -1.69. The average Bonchev–Trinajstić information content (AvgIpc) is 3.08. The molecule has 6 heteroatoms. The summed E-state index contributed by atoms with van der Waals surface area (Å²) in [6.45, 7) is 2.89. The van der Waals surface area contributed by atoms with Crippen molar-refractivity contribution in [1.29, 1.82) is 0 Å². The number of rotatable bonds is 6. The Morgan fingerprint density at radius 1 is 1.11 bits per heavy atom. The highest BCUT2D eigenvalue weighted by Crippen LogP contribution is 2.60. The van der Waals surface area contributed by atoms with Crippen molar-refractivity contribution in [3.05, 3.63) is 24.5 Å². The third-order valence-corrected chi connectivity index (χ3v) is 7.90. The second-order valence-corrected chi connectivity index (χ2v) is 9.64. The molecule has 0 saturated heterocycles. The predicted molar refractivity (Wildman–Crippen MR) is 105 cm³/mol. The first-order chi connectivity index (χ1) is 13.2. The smallest absolute Gasteiger partial charge is 0.191 e. The van der Waals surface area contributed by atoms with E-state index in [2.05, 4.69) is 26.7 Å². The number of ketones is 1. The van der Waals surface area contributed by atoms with Gasteiger partial charge in [-0.15, -0.1) is 10.2 Å². The van der Waals surface area contributed by atoms with Crippen molar-refractivity contribution in [3.8, 4) is 11.4 Å². The van der Waals surface area contributed by atoms with E-state index < -0.39 is 0 Å². The molecule has 4 bridgehead atoms. The number of Topliss-reactive ketones (excluding diaryl/α,β-unsaturated/α-hetero) is 1. The number of thioether (sulfide) groups is 1. The van der Waals surface area contributed by atoms with Crippen LogP contribution in [-0.2, 0) is 11.3 Å². The van der Waals surface area contributed by atoms with Gasteiger partial charge in [0, 0.05) is 29.9 Å². The molecule has 27 heavy (non-hydrogen) atoms. The molecule has 5 nitrogen and oxygen atoms in total. The number of hydrogen-bond acceptors (Lipinski definition) is 5. The lowest BCUT2D eigenvalue weighted by molar-refractivity contribution is -0.141. The van der Waals surface area contributed by atoms with E-state index >= 15 is 0 Å². The van der Waals surface area contributed by atoms with Crippen LogP contribution in [0.15, 0.2) is 29.7 Å². The number of hydrogen-bond donors (Lipinski definition) is 0. The molecule has 2 aromatic rings. The maximum atomic E-state index is 13.3. The lowest BCUT2D eigenvalue weighted by atomic mass is 9.48. The average molecular weight is 383 g/mol. The number of aromatic nitrogens is 4. The topological polar surface area (TPSA) is 60.7 Å². The van der Waals surface area contributed by atoms with Crippen molar-refractivity contribution < 1.29 is 4.79 Å². The molecule has 4 fully saturated rings. The summed E-state index contributed by atoms with van der Waals surface area (Å²) in [6, 6.07) is 3.90. The summed E-state index contributed by atoms with van der Waals surface area (Å²) in [5, 5.41) is 9.61. The Kier molecular flexibility index (Phi) is 4.34. The van der Waals surface area contributed by atoms with E-state index in [0.717, 1.165) is 60.1 Å². The predicted octanol–water partition coefficient (Wildman–Crippen LogP) is 4.24. The van der Waals surface area contributed by atoms with Gasteiger partial charge in [-0.1, -0.05) is 11.8 Å². The molecule has 4 aliphatic carbocycles. The molecule has 0 aliphatic heterocycles. The maximum Gasteiger partial charge on any atom is 0.191 e. The highest BCUT2D eigenvalue weighted by Gasteiger charge is 2.54. The molecular weight excluding hydrogens is 356 g/mol. The highest BCUT2D eigenvalue weighted by atomic mass is 32.2. The molecule has 0 spiro atoms.